The first-order valence-electron chi connectivity index (χ1n) is 5.53. The number of carboxylic acids is 1. The van der Waals surface area contributed by atoms with Crippen molar-refractivity contribution in [1.82, 2.24) is 4.98 Å². The van der Waals surface area contributed by atoms with Gasteiger partial charge < -0.3 is 14.7 Å². The summed E-state index contributed by atoms with van der Waals surface area (Å²) in [6.07, 6.45) is 1.54. The molecule has 1 aromatic heterocycles. The van der Waals surface area contributed by atoms with Crippen molar-refractivity contribution in [1.29, 1.82) is 5.26 Å². The molecule has 2 unspecified atom stereocenters. The molecule has 6 nitrogen and oxygen atoms in total. The lowest BCUT2D eigenvalue weighted by Crippen LogP contribution is -2.40. The Morgan fingerprint density at radius 3 is 3.11 bits per heavy atom. The van der Waals surface area contributed by atoms with Gasteiger partial charge in [0, 0.05) is 18.9 Å². The first-order chi connectivity index (χ1) is 8.63. The minimum Gasteiger partial charge on any atom is -0.481 e. The van der Waals surface area contributed by atoms with Crippen LogP contribution in [0.2, 0.25) is 0 Å². The summed E-state index contributed by atoms with van der Waals surface area (Å²) in [5.74, 6) is -1.41. The van der Waals surface area contributed by atoms with Crippen LogP contribution >= 0.6 is 0 Å². The lowest BCUT2D eigenvalue weighted by molar-refractivity contribution is -0.141. The highest BCUT2D eigenvalue weighted by molar-refractivity contribution is 5.72. The van der Waals surface area contributed by atoms with Gasteiger partial charge in [0.2, 0.25) is 0 Å². The van der Waals surface area contributed by atoms with E-state index < -0.39 is 11.9 Å². The Hall–Kier alpha value is -2.13. The molecule has 2 atom stereocenters. The fraction of sp³-hybridized carbons (Fsp3) is 0.417. The third-order valence-corrected chi connectivity index (χ3v) is 3.13. The van der Waals surface area contributed by atoms with Crippen LogP contribution in [-0.4, -0.2) is 42.4 Å². The second-order valence-corrected chi connectivity index (χ2v) is 4.17. The highest BCUT2D eigenvalue weighted by atomic mass is 16.5. The van der Waals surface area contributed by atoms with E-state index in [0.29, 0.717) is 12.3 Å². The van der Waals surface area contributed by atoms with Crippen LogP contribution in [0, 0.1) is 17.2 Å². The van der Waals surface area contributed by atoms with Gasteiger partial charge in [0.1, 0.15) is 17.7 Å². The van der Waals surface area contributed by atoms with Crippen molar-refractivity contribution >= 4 is 11.7 Å². The first-order valence-corrected chi connectivity index (χ1v) is 5.53. The van der Waals surface area contributed by atoms with Crippen LogP contribution in [0.3, 0.4) is 0 Å². The van der Waals surface area contributed by atoms with E-state index in [2.05, 4.69) is 4.98 Å². The largest absolute Gasteiger partial charge is 0.481 e. The van der Waals surface area contributed by atoms with Gasteiger partial charge in [-0.3, -0.25) is 4.79 Å². The molecule has 1 saturated heterocycles. The first kappa shape index (κ1) is 12.3. The molecule has 2 heterocycles. The van der Waals surface area contributed by atoms with Crippen LogP contribution in [-0.2, 0) is 9.53 Å². The number of nitriles is 1. The van der Waals surface area contributed by atoms with Crippen molar-refractivity contribution in [2.75, 3.05) is 25.2 Å². The number of likely N-dealkylation sites (N-methyl/N-ethyl adjacent to an activating group) is 1. The Balaban J connectivity index is 2.22. The molecular formula is C12H13N3O3. The quantitative estimate of drug-likeness (QED) is 0.836. The van der Waals surface area contributed by atoms with Crippen LogP contribution in [0.5, 0.6) is 0 Å². The number of hydrogen-bond donors (Lipinski definition) is 1. The number of ether oxygens (including phenoxy) is 1. The molecule has 0 saturated carbocycles. The lowest BCUT2D eigenvalue weighted by Gasteiger charge is -2.28. The molecule has 0 bridgehead atoms. The van der Waals surface area contributed by atoms with Gasteiger partial charge in [-0.15, -0.1) is 0 Å². The number of hydrogen-bond acceptors (Lipinski definition) is 5. The molecule has 94 valence electrons. The zero-order chi connectivity index (χ0) is 13.1. The molecule has 1 aromatic rings. The van der Waals surface area contributed by atoms with Crippen molar-refractivity contribution in [2.45, 2.75) is 6.04 Å². The van der Waals surface area contributed by atoms with E-state index in [4.69, 9.17) is 15.1 Å². The predicted molar refractivity (Wildman–Crippen MR) is 63.1 cm³/mol. The van der Waals surface area contributed by atoms with E-state index in [0.717, 1.165) is 5.69 Å². The summed E-state index contributed by atoms with van der Waals surface area (Å²) in [5, 5.41) is 17.9. The third kappa shape index (κ3) is 2.26. The van der Waals surface area contributed by atoms with Crippen LogP contribution in [0.1, 0.15) is 5.69 Å². The topological polar surface area (TPSA) is 86.5 Å². The molecule has 0 spiro atoms. The molecular weight excluding hydrogens is 234 g/mol. The van der Waals surface area contributed by atoms with Gasteiger partial charge in [0.15, 0.2) is 0 Å². The molecule has 0 aliphatic carbocycles. The molecule has 18 heavy (non-hydrogen) atoms. The van der Waals surface area contributed by atoms with Crippen molar-refractivity contribution in [3.63, 3.8) is 0 Å². The van der Waals surface area contributed by atoms with Gasteiger partial charge in [-0.25, -0.2) is 4.98 Å². The number of carbonyl (C=O) groups is 1. The zero-order valence-electron chi connectivity index (χ0n) is 9.91. The summed E-state index contributed by atoms with van der Waals surface area (Å²) in [7, 11) is 1.80. The van der Waals surface area contributed by atoms with Crippen molar-refractivity contribution in [3.05, 3.63) is 24.0 Å². The SMILES string of the molecule is CN(c1ccnc(C#N)c1)C1COCC1C(=O)O. The zero-order valence-corrected chi connectivity index (χ0v) is 9.91. The van der Waals surface area contributed by atoms with Gasteiger partial charge in [-0.1, -0.05) is 0 Å². The minimum absolute atomic E-state index is 0.223. The Kier molecular flexibility index (Phi) is 3.44. The van der Waals surface area contributed by atoms with Crippen LogP contribution < -0.4 is 4.90 Å². The van der Waals surface area contributed by atoms with E-state index in [1.54, 1.807) is 19.2 Å². The van der Waals surface area contributed by atoms with Crippen LogP contribution in [0.15, 0.2) is 18.3 Å². The van der Waals surface area contributed by atoms with E-state index in [1.807, 2.05) is 11.0 Å². The number of aliphatic carboxylic acids is 1. The summed E-state index contributed by atoms with van der Waals surface area (Å²) in [6.45, 7) is 0.595. The maximum Gasteiger partial charge on any atom is 0.311 e. The molecule has 2 rings (SSSR count). The van der Waals surface area contributed by atoms with Gasteiger partial charge in [0.25, 0.3) is 0 Å². The molecule has 6 heteroatoms. The predicted octanol–water partition coefficient (Wildman–Crippen LogP) is 0.489. The molecule has 1 fully saturated rings. The summed E-state index contributed by atoms with van der Waals surface area (Å²) >= 11 is 0. The molecule has 1 aliphatic heterocycles. The second kappa shape index (κ2) is 5.02. The number of pyridine rings is 1. The van der Waals surface area contributed by atoms with E-state index in [1.165, 1.54) is 6.20 Å². The van der Waals surface area contributed by atoms with Gasteiger partial charge in [0.05, 0.1) is 19.3 Å². The fourth-order valence-electron chi connectivity index (χ4n) is 2.05. The Bertz CT molecular complexity index is 498. The summed E-state index contributed by atoms with van der Waals surface area (Å²) < 4.78 is 5.23. The molecule has 1 aliphatic rings. The average Bonchev–Trinajstić information content (AvgIpc) is 2.87. The third-order valence-electron chi connectivity index (χ3n) is 3.13. The van der Waals surface area contributed by atoms with E-state index in [-0.39, 0.29) is 12.6 Å². The summed E-state index contributed by atoms with van der Waals surface area (Å²) in [5.41, 5.74) is 1.08. The van der Waals surface area contributed by atoms with Crippen molar-refractivity contribution in [2.24, 2.45) is 5.92 Å². The van der Waals surface area contributed by atoms with Crippen molar-refractivity contribution < 1.29 is 14.6 Å². The average molecular weight is 247 g/mol. The Morgan fingerprint density at radius 2 is 2.44 bits per heavy atom. The second-order valence-electron chi connectivity index (χ2n) is 4.17. The minimum atomic E-state index is -0.862. The number of carboxylic acid groups (broad SMARTS) is 1. The standard InChI is InChI=1S/C12H13N3O3/c1-15(9-2-3-14-8(4-9)5-13)11-7-18-6-10(11)12(16)17/h2-4,10-11H,6-7H2,1H3,(H,16,17). The molecule has 0 radical (unpaired) electrons. The van der Waals surface area contributed by atoms with Gasteiger partial charge >= 0.3 is 5.97 Å². The number of rotatable bonds is 3. The summed E-state index contributed by atoms with van der Waals surface area (Å²) in [4.78, 5) is 16.8. The summed E-state index contributed by atoms with van der Waals surface area (Å²) in [6, 6.07) is 5.12. The number of nitrogens with zero attached hydrogens (tertiary/aromatic N) is 3. The van der Waals surface area contributed by atoms with Gasteiger partial charge in [-0.2, -0.15) is 5.26 Å². The molecule has 0 amide bonds. The lowest BCUT2D eigenvalue weighted by atomic mass is 10.0. The van der Waals surface area contributed by atoms with Crippen LogP contribution in [0.4, 0.5) is 5.69 Å². The number of anilines is 1. The number of aromatic nitrogens is 1. The highest BCUT2D eigenvalue weighted by Gasteiger charge is 2.36. The van der Waals surface area contributed by atoms with Crippen molar-refractivity contribution in [3.8, 4) is 6.07 Å². The Morgan fingerprint density at radius 1 is 1.67 bits per heavy atom. The smallest absolute Gasteiger partial charge is 0.311 e. The Labute approximate surface area is 104 Å². The highest BCUT2D eigenvalue weighted by Crippen LogP contribution is 2.24. The van der Waals surface area contributed by atoms with E-state index in [9.17, 15) is 4.79 Å². The van der Waals surface area contributed by atoms with E-state index >= 15 is 0 Å². The van der Waals surface area contributed by atoms with Crippen LogP contribution in [0.25, 0.3) is 0 Å². The van der Waals surface area contributed by atoms with Gasteiger partial charge in [-0.05, 0) is 12.1 Å². The normalized spacial score (nSPS) is 22.4. The molecule has 0 aromatic carbocycles. The maximum atomic E-state index is 11.1. The molecule has 1 N–H and O–H groups in total. The monoisotopic (exact) mass is 247 g/mol. The fourth-order valence-corrected chi connectivity index (χ4v) is 2.05. The maximum absolute atomic E-state index is 11.1.